The number of carboxylic acids is 1. The topological polar surface area (TPSA) is 66.4 Å². The molecule has 0 aromatic carbocycles. The summed E-state index contributed by atoms with van der Waals surface area (Å²) >= 11 is 0. The molecule has 0 aliphatic heterocycles. The Kier molecular flexibility index (Phi) is 6.45. The van der Waals surface area contributed by atoms with Gasteiger partial charge in [-0.3, -0.25) is 0 Å². The molecule has 0 saturated carbocycles. The van der Waals surface area contributed by atoms with Crippen LogP contribution in [0.15, 0.2) is 11.6 Å². The fraction of sp³-hybridized carbons (Fsp3) is 0.600. The largest absolute Gasteiger partial charge is 0.545 e. The van der Waals surface area contributed by atoms with E-state index in [0.717, 1.165) is 18.9 Å². The van der Waals surface area contributed by atoms with Gasteiger partial charge in [-0.05, 0) is 18.9 Å². The molecule has 0 amide bonds. The number of carboxylic acid groups (broad SMARTS) is 1. The molecule has 0 saturated heterocycles. The standard InChI is InChI=1S/C10H16O4/c1-3-5-6-14-10(13)8(4-2)7-9(11)12/h7H,3-6H2,1-2H3,(H,11,12)/p-1/b8-7+. The third-order valence-corrected chi connectivity index (χ3v) is 1.67. The van der Waals surface area contributed by atoms with E-state index in [4.69, 9.17) is 4.74 Å². The number of unbranched alkanes of at least 4 members (excludes halogenated alkanes) is 1. The number of carbonyl (C=O) groups excluding carboxylic acids is 2. The summed E-state index contributed by atoms with van der Waals surface area (Å²) in [6, 6.07) is 0. The summed E-state index contributed by atoms with van der Waals surface area (Å²) in [6.45, 7) is 4.00. The lowest BCUT2D eigenvalue weighted by Crippen LogP contribution is -2.21. The smallest absolute Gasteiger partial charge is 0.334 e. The van der Waals surface area contributed by atoms with Gasteiger partial charge in [-0.1, -0.05) is 20.3 Å². The molecule has 0 spiro atoms. The zero-order chi connectivity index (χ0) is 11.0. The molecule has 0 aliphatic rings. The van der Waals surface area contributed by atoms with Gasteiger partial charge in [0.05, 0.1) is 12.6 Å². The van der Waals surface area contributed by atoms with Crippen molar-refractivity contribution in [2.24, 2.45) is 0 Å². The van der Waals surface area contributed by atoms with Gasteiger partial charge in [0.1, 0.15) is 0 Å². The van der Waals surface area contributed by atoms with Gasteiger partial charge in [0, 0.05) is 5.57 Å². The van der Waals surface area contributed by atoms with E-state index in [9.17, 15) is 14.7 Å². The molecule has 0 aliphatic carbocycles. The highest BCUT2D eigenvalue weighted by molar-refractivity contribution is 5.94. The van der Waals surface area contributed by atoms with Gasteiger partial charge in [0.15, 0.2) is 0 Å². The number of rotatable bonds is 6. The van der Waals surface area contributed by atoms with Crippen molar-refractivity contribution in [2.45, 2.75) is 33.1 Å². The molecule has 0 fully saturated rings. The summed E-state index contributed by atoms with van der Waals surface area (Å²) in [5, 5.41) is 10.2. The molecule has 4 heteroatoms. The Hall–Kier alpha value is -1.32. The summed E-state index contributed by atoms with van der Waals surface area (Å²) in [5.41, 5.74) is 0.140. The molecule has 0 N–H and O–H groups in total. The normalized spacial score (nSPS) is 11.1. The van der Waals surface area contributed by atoms with Crippen LogP contribution in [0.2, 0.25) is 0 Å². The Balaban J connectivity index is 4.12. The molecule has 0 bridgehead atoms. The molecule has 80 valence electrons. The molecular weight excluding hydrogens is 184 g/mol. The molecule has 0 heterocycles. The monoisotopic (exact) mass is 199 g/mol. The average molecular weight is 199 g/mol. The predicted octanol–water partition coefficient (Wildman–Crippen LogP) is 0.416. The van der Waals surface area contributed by atoms with Crippen molar-refractivity contribution in [1.82, 2.24) is 0 Å². The summed E-state index contributed by atoms with van der Waals surface area (Å²) in [7, 11) is 0. The first-order valence-corrected chi connectivity index (χ1v) is 4.70. The maximum Gasteiger partial charge on any atom is 0.334 e. The quantitative estimate of drug-likeness (QED) is 0.353. The summed E-state index contributed by atoms with van der Waals surface area (Å²) in [5.74, 6) is -1.93. The van der Waals surface area contributed by atoms with Gasteiger partial charge in [0.25, 0.3) is 0 Å². The molecular formula is C10H15O4-. The van der Waals surface area contributed by atoms with Gasteiger partial charge in [-0.2, -0.15) is 0 Å². The van der Waals surface area contributed by atoms with E-state index in [1.54, 1.807) is 6.92 Å². The van der Waals surface area contributed by atoms with Crippen molar-refractivity contribution in [3.63, 3.8) is 0 Å². The molecule has 0 unspecified atom stereocenters. The number of hydrogen-bond donors (Lipinski definition) is 0. The van der Waals surface area contributed by atoms with Crippen LogP contribution in [0.5, 0.6) is 0 Å². The van der Waals surface area contributed by atoms with E-state index in [1.165, 1.54) is 0 Å². The highest BCUT2D eigenvalue weighted by Gasteiger charge is 2.07. The molecule has 14 heavy (non-hydrogen) atoms. The lowest BCUT2D eigenvalue weighted by molar-refractivity contribution is -0.297. The number of hydrogen-bond acceptors (Lipinski definition) is 4. The molecule has 0 aromatic rings. The second-order valence-corrected chi connectivity index (χ2v) is 2.83. The number of aliphatic carboxylic acids is 1. The maximum atomic E-state index is 11.2. The van der Waals surface area contributed by atoms with Crippen LogP contribution in [0.4, 0.5) is 0 Å². The van der Waals surface area contributed by atoms with Gasteiger partial charge < -0.3 is 14.6 Å². The third kappa shape index (κ3) is 5.35. The van der Waals surface area contributed by atoms with Gasteiger partial charge in [-0.25, -0.2) is 4.79 Å². The highest BCUT2D eigenvalue weighted by atomic mass is 16.5. The van der Waals surface area contributed by atoms with Crippen LogP contribution in [0.1, 0.15) is 33.1 Å². The van der Waals surface area contributed by atoms with E-state index < -0.39 is 11.9 Å². The fourth-order valence-electron chi connectivity index (χ4n) is 0.849. The molecule has 0 aromatic heterocycles. The summed E-state index contributed by atoms with van der Waals surface area (Å²) < 4.78 is 4.84. The summed E-state index contributed by atoms with van der Waals surface area (Å²) in [6.07, 6.45) is 2.83. The minimum atomic E-state index is -1.37. The van der Waals surface area contributed by atoms with Crippen LogP contribution in [-0.2, 0) is 14.3 Å². The van der Waals surface area contributed by atoms with Crippen molar-refractivity contribution >= 4 is 11.9 Å². The Morgan fingerprint density at radius 2 is 2.00 bits per heavy atom. The summed E-state index contributed by atoms with van der Waals surface area (Å²) in [4.78, 5) is 21.4. The molecule has 0 rings (SSSR count). The Labute approximate surface area is 83.6 Å². The second kappa shape index (κ2) is 7.12. The van der Waals surface area contributed by atoms with Gasteiger partial charge in [-0.15, -0.1) is 0 Å². The minimum Gasteiger partial charge on any atom is -0.545 e. The second-order valence-electron chi connectivity index (χ2n) is 2.83. The Morgan fingerprint density at radius 3 is 2.43 bits per heavy atom. The van der Waals surface area contributed by atoms with Crippen molar-refractivity contribution < 1.29 is 19.4 Å². The highest BCUT2D eigenvalue weighted by Crippen LogP contribution is 2.03. The van der Waals surface area contributed by atoms with E-state index in [2.05, 4.69) is 0 Å². The van der Waals surface area contributed by atoms with Crippen LogP contribution in [0, 0.1) is 0 Å². The SMILES string of the molecule is CCCCOC(=O)/C(=C/C(=O)[O-])CC. The van der Waals surface area contributed by atoms with Crippen molar-refractivity contribution in [1.29, 1.82) is 0 Å². The van der Waals surface area contributed by atoms with Crippen molar-refractivity contribution in [3.05, 3.63) is 11.6 Å². The average Bonchev–Trinajstić information content (AvgIpc) is 2.14. The lowest BCUT2D eigenvalue weighted by atomic mass is 10.2. The number of ether oxygens (including phenoxy) is 1. The van der Waals surface area contributed by atoms with E-state index in [0.29, 0.717) is 13.0 Å². The van der Waals surface area contributed by atoms with Crippen molar-refractivity contribution in [2.75, 3.05) is 6.61 Å². The third-order valence-electron chi connectivity index (χ3n) is 1.67. The van der Waals surface area contributed by atoms with Crippen LogP contribution < -0.4 is 5.11 Å². The molecule has 0 radical (unpaired) electrons. The molecule has 0 atom stereocenters. The van der Waals surface area contributed by atoms with E-state index in [1.807, 2.05) is 6.92 Å². The molecule has 4 nitrogen and oxygen atoms in total. The fourth-order valence-corrected chi connectivity index (χ4v) is 0.849. The first kappa shape index (κ1) is 12.7. The lowest BCUT2D eigenvalue weighted by Gasteiger charge is -2.06. The minimum absolute atomic E-state index is 0.140. The van der Waals surface area contributed by atoms with Gasteiger partial charge in [0.2, 0.25) is 0 Å². The van der Waals surface area contributed by atoms with Crippen molar-refractivity contribution in [3.8, 4) is 0 Å². The zero-order valence-corrected chi connectivity index (χ0v) is 8.54. The van der Waals surface area contributed by atoms with E-state index in [-0.39, 0.29) is 5.57 Å². The Morgan fingerprint density at radius 1 is 1.36 bits per heavy atom. The first-order valence-electron chi connectivity index (χ1n) is 4.70. The van der Waals surface area contributed by atoms with Crippen LogP contribution in [0.3, 0.4) is 0 Å². The number of carbonyl (C=O) groups is 2. The van der Waals surface area contributed by atoms with Gasteiger partial charge >= 0.3 is 5.97 Å². The number of esters is 1. The predicted molar refractivity (Wildman–Crippen MR) is 49.2 cm³/mol. The zero-order valence-electron chi connectivity index (χ0n) is 8.54. The van der Waals surface area contributed by atoms with Crippen LogP contribution in [-0.4, -0.2) is 18.5 Å². The first-order chi connectivity index (χ1) is 6.61. The van der Waals surface area contributed by atoms with Crippen LogP contribution in [0.25, 0.3) is 0 Å². The van der Waals surface area contributed by atoms with Crippen LogP contribution >= 0.6 is 0 Å². The maximum absolute atomic E-state index is 11.2. The Bertz CT molecular complexity index is 230. The van der Waals surface area contributed by atoms with E-state index >= 15 is 0 Å².